The molecule has 0 fully saturated rings. The number of carbonyl (C=O) groups excluding carboxylic acids is 1. The highest BCUT2D eigenvalue weighted by atomic mass is 35.5. The van der Waals surface area contributed by atoms with Crippen molar-refractivity contribution in [3.63, 3.8) is 0 Å². The van der Waals surface area contributed by atoms with E-state index in [1.807, 2.05) is 6.08 Å². The Balaban J connectivity index is 0.00000144. The molecule has 0 spiro atoms. The average molecular weight is 208 g/mol. The maximum atomic E-state index is 10.8. The number of hydrogen-bond acceptors (Lipinski definition) is 4. The van der Waals surface area contributed by atoms with Crippen LogP contribution >= 0.6 is 12.4 Å². The summed E-state index contributed by atoms with van der Waals surface area (Å²) >= 11 is 0. The number of hydrogen-bond donors (Lipinski definition) is 1. The first kappa shape index (κ1) is 12.3. The van der Waals surface area contributed by atoms with Gasteiger partial charge in [0.25, 0.3) is 0 Å². The van der Waals surface area contributed by atoms with Gasteiger partial charge in [-0.1, -0.05) is 0 Å². The molecule has 0 saturated heterocycles. The van der Waals surface area contributed by atoms with E-state index in [9.17, 15) is 4.79 Å². The molecule has 0 aromatic carbocycles. The van der Waals surface area contributed by atoms with Crippen LogP contribution in [0.15, 0.2) is 11.8 Å². The zero-order chi connectivity index (χ0) is 8.81. The molecule has 0 unspecified atom stereocenters. The van der Waals surface area contributed by atoms with Gasteiger partial charge < -0.3 is 14.8 Å². The Bertz CT molecular complexity index is 194. The van der Waals surface area contributed by atoms with E-state index in [-0.39, 0.29) is 12.4 Å². The average Bonchev–Trinajstić information content (AvgIpc) is 2.06. The van der Waals surface area contributed by atoms with E-state index in [1.54, 1.807) is 6.92 Å². The molecule has 5 heteroatoms. The van der Waals surface area contributed by atoms with Crippen LogP contribution < -0.4 is 5.32 Å². The van der Waals surface area contributed by atoms with Gasteiger partial charge in [0, 0.05) is 0 Å². The van der Waals surface area contributed by atoms with E-state index >= 15 is 0 Å². The zero-order valence-electron chi connectivity index (χ0n) is 7.54. The molecule has 1 heterocycles. The maximum Gasteiger partial charge on any atom is 0.513 e. The highest BCUT2D eigenvalue weighted by molar-refractivity contribution is 5.85. The Morgan fingerprint density at radius 2 is 2.46 bits per heavy atom. The van der Waals surface area contributed by atoms with Crippen LogP contribution in [-0.2, 0) is 9.47 Å². The van der Waals surface area contributed by atoms with E-state index in [4.69, 9.17) is 4.74 Å². The van der Waals surface area contributed by atoms with Gasteiger partial charge in [-0.25, -0.2) is 4.79 Å². The highest BCUT2D eigenvalue weighted by Gasteiger charge is 2.09. The summed E-state index contributed by atoms with van der Waals surface area (Å²) in [5.74, 6) is 0.653. The number of ether oxygens (including phenoxy) is 2. The molecule has 0 radical (unpaired) electrons. The van der Waals surface area contributed by atoms with E-state index in [1.165, 1.54) is 0 Å². The molecule has 1 rings (SSSR count). The zero-order valence-corrected chi connectivity index (χ0v) is 8.36. The summed E-state index contributed by atoms with van der Waals surface area (Å²) in [6.07, 6.45) is 2.18. The van der Waals surface area contributed by atoms with E-state index in [0.29, 0.717) is 18.9 Å². The lowest BCUT2D eigenvalue weighted by Gasteiger charge is -2.13. The SMILES string of the molecule is CCOC(=O)OC1=CCCNC1.Cl. The number of nitrogens with one attached hydrogen (secondary N) is 1. The molecule has 1 aliphatic heterocycles. The Kier molecular flexibility index (Phi) is 6.36. The second-order valence-electron chi connectivity index (χ2n) is 2.42. The van der Waals surface area contributed by atoms with Crippen molar-refractivity contribution in [2.45, 2.75) is 13.3 Å². The first-order valence-corrected chi connectivity index (χ1v) is 4.07. The summed E-state index contributed by atoms with van der Waals surface area (Å²) in [7, 11) is 0. The van der Waals surface area contributed by atoms with Crippen LogP contribution in [0.3, 0.4) is 0 Å². The van der Waals surface area contributed by atoms with Gasteiger partial charge in [0.2, 0.25) is 0 Å². The quantitative estimate of drug-likeness (QED) is 0.697. The normalized spacial score (nSPS) is 15.3. The second kappa shape index (κ2) is 6.74. The van der Waals surface area contributed by atoms with Crippen molar-refractivity contribution in [3.05, 3.63) is 11.8 Å². The minimum absolute atomic E-state index is 0. The topological polar surface area (TPSA) is 47.6 Å². The Hall–Kier alpha value is -0.740. The molecule has 0 aromatic heterocycles. The van der Waals surface area contributed by atoms with Crippen LogP contribution in [0.25, 0.3) is 0 Å². The standard InChI is InChI=1S/C8H13NO3.ClH/c1-2-11-8(10)12-7-4-3-5-9-6-7;/h4,9H,2-3,5-6H2,1H3;1H. The monoisotopic (exact) mass is 207 g/mol. The molecular formula is C8H14ClNO3. The van der Waals surface area contributed by atoms with Gasteiger partial charge in [0.1, 0.15) is 5.76 Å². The molecular weight excluding hydrogens is 194 g/mol. The highest BCUT2D eigenvalue weighted by Crippen LogP contribution is 2.03. The van der Waals surface area contributed by atoms with Gasteiger partial charge in [-0.15, -0.1) is 12.4 Å². The minimum atomic E-state index is -0.618. The fraction of sp³-hybridized carbons (Fsp3) is 0.625. The van der Waals surface area contributed by atoms with Gasteiger partial charge in [0.15, 0.2) is 0 Å². The van der Waals surface area contributed by atoms with Crippen molar-refractivity contribution < 1.29 is 14.3 Å². The lowest BCUT2D eigenvalue weighted by Crippen LogP contribution is -2.24. The third-order valence-corrected chi connectivity index (χ3v) is 1.47. The van der Waals surface area contributed by atoms with Crippen LogP contribution in [0, 0.1) is 0 Å². The third kappa shape index (κ3) is 4.75. The fourth-order valence-electron chi connectivity index (χ4n) is 0.951. The molecule has 0 amide bonds. The lowest BCUT2D eigenvalue weighted by atomic mass is 10.3. The summed E-state index contributed by atoms with van der Waals surface area (Å²) in [6.45, 7) is 3.64. The molecule has 0 atom stereocenters. The Morgan fingerprint density at radius 1 is 1.69 bits per heavy atom. The molecule has 4 nitrogen and oxygen atoms in total. The van der Waals surface area contributed by atoms with Crippen molar-refractivity contribution in [1.82, 2.24) is 5.32 Å². The summed E-state index contributed by atoms with van der Waals surface area (Å²) in [6, 6.07) is 0. The molecule has 76 valence electrons. The predicted molar refractivity (Wildman–Crippen MR) is 50.9 cm³/mol. The van der Waals surface area contributed by atoms with Gasteiger partial charge in [-0.05, 0) is 26.0 Å². The molecule has 0 bridgehead atoms. The molecule has 1 aliphatic rings. The lowest BCUT2D eigenvalue weighted by molar-refractivity contribution is 0.0793. The van der Waals surface area contributed by atoms with Crippen LogP contribution in [0.1, 0.15) is 13.3 Å². The van der Waals surface area contributed by atoms with Gasteiger partial charge in [-0.3, -0.25) is 0 Å². The molecule has 0 saturated carbocycles. The molecule has 0 aliphatic carbocycles. The van der Waals surface area contributed by atoms with Crippen LogP contribution in [0.2, 0.25) is 0 Å². The van der Waals surface area contributed by atoms with E-state index < -0.39 is 6.16 Å². The number of rotatable bonds is 2. The predicted octanol–water partition coefficient (Wildman–Crippen LogP) is 1.46. The fourth-order valence-corrected chi connectivity index (χ4v) is 0.951. The maximum absolute atomic E-state index is 10.8. The Morgan fingerprint density at radius 3 is 3.00 bits per heavy atom. The first-order valence-electron chi connectivity index (χ1n) is 4.07. The summed E-state index contributed by atoms with van der Waals surface area (Å²) in [4.78, 5) is 10.8. The van der Waals surface area contributed by atoms with Crippen LogP contribution in [0.4, 0.5) is 4.79 Å². The van der Waals surface area contributed by atoms with Crippen molar-refractivity contribution in [1.29, 1.82) is 0 Å². The second-order valence-corrected chi connectivity index (χ2v) is 2.42. The van der Waals surface area contributed by atoms with Crippen molar-refractivity contribution >= 4 is 18.6 Å². The number of carbonyl (C=O) groups is 1. The van der Waals surface area contributed by atoms with Crippen molar-refractivity contribution in [3.8, 4) is 0 Å². The summed E-state index contributed by atoms with van der Waals surface area (Å²) in [5.41, 5.74) is 0. The third-order valence-electron chi connectivity index (χ3n) is 1.47. The van der Waals surface area contributed by atoms with Gasteiger partial charge in [-0.2, -0.15) is 0 Å². The van der Waals surface area contributed by atoms with E-state index in [0.717, 1.165) is 13.0 Å². The number of halogens is 1. The molecule has 1 N–H and O–H groups in total. The van der Waals surface area contributed by atoms with Gasteiger partial charge in [0.05, 0.1) is 13.2 Å². The minimum Gasteiger partial charge on any atom is -0.434 e. The van der Waals surface area contributed by atoms with Crippen LogP contribution in [0.5, 0.6) is 0 Å². The smallest absolute Gasteiger partial charge is 0.434 e. The molecule has 0 aromatic rings. The van der Waals surface area contributed by atoms with Crippen molar-refractivity contribution in [2.24, 2.45) is 0 Å². The van der Waals surface area contributed by atoms with Crippen molar-refractivity contribution in [2.75, 3.05) is 19.7 Å². The van der Waals surface area contributed by atoms with E-state index in [2.05, 4.69) is 10.1 Å². The Labute approximate surface area is 83.7 Å². The molecule has 13 heavy (non-hydrogen) atoms. The largest absolute Gasteiger partial charge is 0.513 e. The van der Waals surface area contributed by atoms with Gasteiger partial charge >= 0.3 is 6.16 Å². The summed E-state index contributed by atoms with van der Waals surface area (Å²) < 4.78 is 9.48. The summed E-state index contributed by atoms with van der Waals surface area (Å²) in [5, 5.41) is 3.08. The van der Waals surface area contributed by atoms with Crippen LogP contribution in [-0.4, -0.2) is 25.9 Å². The first-order chi connectivity index (χ1) is 5.83.